The fourth-order valence-electron chi connectivity index (χ4n) is 3.29. The third-order valence-electron chi connectivity index (χ3n) is 4.60. The highest BCUT2D eigenvalue weighted by atomic mass is 16.5. The predicted molar refractivity (Wildman–Crippen MR) is 92.1 cm³/mol. The van der Waals surface area contributed by atoms with E-state index in [9.17, 15) is 4.79 Å². The summed E-state index contributed by atoms with van der Waals surface area (Å²) in [4.78, 5) is 16.8. The minimum absolute atomic E-state index is 0.118. The van der Waals surface area contributed by atoms with Gasteiger partial charge in [0.25, 0.3) is 0 Å². The second kappa shape index (κ2) is 8.27. The first-order valence-corrected chi connectivity index (χ1v) is 8.67. The Morgan fingerprint density at radius 3 is 2.78 bits per heavy atom. The monoisotopic (exact) mass is 314 g/mol. The van der Waals surface area contributed by atoms with Gasteiger partial charge in [0, 0.05) is 38.9 Å². The lowest BCUT2D eigenvalue weighted by atomic mass is 10.2. The van der Waals surface area contributed by atoms with Crippen molar-refractivity contribution in [2.24, 2.45) is 0 Å². The van der Waals surface area contributed by atoms with Crippen molar-refractivity contribution in [2.45, 2.75) is 25.4 Å². The molecule has 2 heterocycles. The minimum Gasteiger partial charge on any atom is -0.377 e. The van der Waals surface area contributed by atoms with Crippen LogP contribution < -0.4 is 0 Å². The van der Waals surface area contributed by atoms with Crippen molar-refractivity contribution < 1.29 is 9.53 Å². The molecule has 2 aliphatic heterocycles. The van der Waals surface area contributed by atoms with Gasteiger partial charge in [-0.2, -0.15) is 0 Å². The molecule has 0 N–H and O–H groups in total. The first-order valence-electron chi connectivity index (χ1n) is 8.67. The molecule has 1 atom stereocenters. The number of carbonyl (C=O) groups is 1. The highest BCUT2D eigenvalue weighted by Gasteiger charge is 2.22. The van der Waals surface area contributed by atoms with Crippen LogP contribution in [0, 0.1) is 0 Å². The topological polar surface area (TPSA) is 32.8 Å². The standard InChI is InChI=1S/C19H26N2O2/c22-19(10-9-17-6-2-1-3-7-17)21-12-5-11-20(13-14-21)16-18-8-4-15-23-18/h1-3,6-7,9-10,18H,4-5,8,11-16H2/b10-9+. The summed E-state index contributed by atoms with van der Waals surface area (Å²) < 4.78 is 5.72. The molecule has 0 spiro atoms. The van der Waals surface area contributed by atoms with E-state index in [2.05, 4.69) is 4.90 Å². The summed E-state index contributed by atoms with van der Waals surface area (Å²) in [6.07, 6.45) is 7.40. The molecule has 0 aliphatic carbocycles. The van der Waals surface area contributed by atoms with E-state index >= 15 is 0 Å². The van der Waals surface area contributed by atoms with Crippen LogP contribution in [-0.2, 0) is 9.53 Å². The Kier molecular flexibility index (Phi) is 5.83. The third kappa shape index (κ3) is 4.91. The van der Waals surface area contributed by atoms with Gasteiger partial charge in [0.05, 0.1) is 6.10 Å². The summed E-state index contributed by atoms with van der Waals surface area (Å²) in [7, 11) is 0. The van der Waals surface area contributed by atoms with Crippen LogP contribution in [0.3, 0.4) is 0 Å². The number of ether oxygens (including phenoxy) is 1. The van der Waals surface area contributed by atoms with Crippen molar-refractivity contribution in [3.8, 4) is 0 Å². The summed E-state index contributed by atoms with van der Waals surface area (Å²) >= 11 is 0. The van der Waals surface area contributed by atoms with Crippen LogP contribution in [0.15, 0.2) is 36.4 Å². The Morgan fingerprint density at radius 1 is 1.13 bits per heavy atom. The molecule has 0 radical (unpaired) electrons. The molecule has 0 bridgehead atoms. The second-order valence-corrected chi connectivity index (χ2v) is 6.36. The van der Waals surface area contributed by atoms with Crippen LogP contribution in [0.25, 0.3) is 6.08 Å². The van der Waals surface area contributed by atoms with Gasteiger partial charge in [-0.05, 0) is 37.4 Å². The molecule has 1 amide bonds. The molecule has 124 valence electrons. The van der Waals surface area contributed by atoms with Crippen LogP contribution in [0.1, 0.15) is 24.8 Å². The van der Waals surface area contributed by atoms with Gasteiger partial charge in [-0.3, -0.25) is 9.69 Å². The third-order valence-corrected chi connectivity index (χ3v) is 4.60. The number of benzene rings is 1. The first kappa shape index (κ1) is 16.2. The number of nitrogens with zero attached hydrogens (tertiary/aromatic N) is 2. The minimum atomic E-state index is 0.118. The van der Waals surface area contributed by atoms with Crippen LogP contribution in [0.2, 0.25) is 0 Å². The van der Waals surface area contributed by atoms with Gasteiger partial charge >= 0.3 is 0 Å². The van der Waals surface area contributed by atoms with E-state index in [1.807, 2.05) is 41.3 Å². The molecule has 0 saturated carbocycles. The highest BCUT2D eigenvalue weighted by molar-refractivity contribution is 5.91. The molecule has 3 rings (SSSR count). The largest absolute Gasteiger partial charge is 0.377 e. The Bertz CT molecular complexity index is 523. The van der Waals surface area contributed by atoms with E-state index in [1.54, 1.807) is 6.08 Å². The smallest absolute Gasteiger partial charge is 0.246 e. The Hall–Kier alpha value is -1.65. The number of hydrogen-bond acceptors (Lipinski definition) is 3. The molecule has 4 heteroatoms. The van der Waals surface area contributed by atoms with Crippen molar-refractivity contribution in [1.29, 1.82) is 0 Å². The predicted octanol–water partition coefficient (Wildman–Crippen LogP) is 2.41. The molecular weight excluding hydrogens is 288 g/mol. The van der Waals surface area contributed by atoms with E-state index in [4.69, 9.17) is 4.74 Å². The van der Waals surface area contributed by atoms with Crippen LogP contribution in [0.4, 0.5) is 0 Å². The SMILES string of the molecule is O=C(/C=C/c1ccccc1)N1CCCN(CC2CCCO2)CC1. The van der Waals surface area contributed by atoms with E-state index in [0.29, 0.717) is 6.10 Å². The molecular formula is C19H26N2O2. The van der Waals surface area contributed by atoms with Crippen LogP contribution in [0.5, 0.6) is 0 Å². The highest BCUT2D eigenvalue weighted by Crippen LogP contribution is 2.15. The normalized spacial score (nSPS) is 23.3. The van der Waals surface area contributed by atoms with Gasteiger partial charge in [0.1, 0.15) is 0 Å². The number of amides is 1. The molecule has 1 aromatic rings. The first-order chi connectivity index (χ1) is 11.3. The zero-order chi connectivity index (χ0) is 15.9. The van der Waals surface area contributed by atoms with Crippen molar-refractivity contribution in [3.05, 3.63) is 42.0 Å². The van der Waals surface area contributed by atoms with Gasteiger partial charge in [0.15, 0.2) is 0 Å². The molecule has 2 fully saturated rings. The molecule has 4 nitrogen and oxygen atoms in total. The van der Waals surface area contributed by atoms with Gasteiger partial charge in [-0.15, -0.1) is 0 Å². The van der Waals surface area contributed by atoms with E-state index < -0.39 is 0 Å². The number of rotatable bonds is 4. The maximum atomic E-state index is 12.4. The molecule has 1 aromatic carbocycles. The second-order valence-electron chi connectivity index (χ2n) is 6.36. The summed E-state index contributed by atoms with van der Waals surface area (Å²) in [5.74, 6) is 0.118. The zero-order valence-corrected chi connectivity index (χ0v) is 13.7. The number of hydrogen-bond donors (Lipinski definition) is 0. The fraction of sp³-hybridized carbons (Fsp3) is 0.526. The van der Waals surface area contributed by atoms with Gasteiger partial charge in [-0.25, -0.2) is 0 Å². The average Bonchev–Trinajstić information content (AvgIpc) is 2.98. The maximum Gasteiger partial charge on any atom is 0.246 e. The van der Waals surface area contributed by atoms with Crippen molar-refractivity contribution >= 4 is 12.0 Å². The van der Waals surface area contributed by atoms with Crippen molar-refractivity contribution in [1.82, 2.24) is 9.80 Å². The van der Waals surface area contributed by atoms with Gasteiger partial charge < -0.3 is 9.64 Å². The molecule has 2 aliphatic rings. The van der Waals surface area contributed by atoms with Crippen molar-refractivity contribution in [2.75, 3.05) is 39.3 Å². The zero-order valence-electron chi connectivity index (χ0n) is 13.7. The summed E-state index contributed by atoms with van der Waals surface area (Å²) in [5, 5.41) is 0. The molecule has 2 saturated heterocycles. The Morgan fingerprint density at radius 2 is 2.00 bits per heavy atom. The molecule has 23 heavy (non-hydrogen) atoms. The lowest BCUT2D eigenvalue weighted by molar-refractivity contribution is -0.125. The van der Waals surface area contributed by atoms with E-state index in [0.717, 1.165) is 51.3 Å². The molecule has 0 aromatic heterocycles. The Balaban J connectivity index is 1.49. The maximum absolute atomic E-state index is 12.4. The average molecular weight is 314 g/mol. The summed E-state index contributed by atoms with van der Waals surface area (Å²) in [6, 6.07) is 9.97. The van der Waals surface area contributed by atoms with Crippen LogP contribution in [-0.4, -0.2) is 61.1 Å². The van der Waals surface area contributed by atoms with E-state index in [-0.39, 0.29) is 5.91 Å². The van der Waals surface area contributed by atoms with Gasteiger partial charge in [-0.1, -0.05) is 30.3 Å². The quantitative estimate of drug-likeness (QED) is 0.800. The van der Waals surface area contributed by atoms with E-state index in [1.165, 1.54) is 12.8 Å². The lowest BCUT2D eigenvalue weighted by Crippen LogP contribution is -2.37. The lowest BCUT2D eigenvalue weighted by Gasteiger charge is -2.23. The summed E-state index contributed by atoms with van der Waals surface area (Å²) in [6.45, 7) is 5.59. The molecule has 1 unspecified atom stereocenters. The van der Waals surface area contributed by atoms with Crippen molar-refractivity contribution in [3.63, 3.8) is 0 Å². The summed E-state index contributed by atoms with van der Waals surface area (Å²) in [5.41, 5.74) is 1.07. The Labute approximate surface area is 138 Å². The number of carbonyl (C=O) groups excluding carboxylic acids is 1. The fourth-order valence-corrected chi connectivity index (χ4v) is 3.29. The van der Waals surface area contributed by atoms with Crippen LogP contribution >= 0.6 is 0 Å². The van der Waals surface area contributed by atoms with Gasteiger partial charge in [0.2, 0.25) is 5.91 Å².